The first-order valence-corrected chi connectivity index (χ1v) is 6.65. The molecular formula is C16H16N4. The summed E-state index contributed by atoms with van der Waals surface area (Å²) in [5, 5.41) is 3.38. The molecule has 4 nitrogen and oxygen atoms in total. The summed E-state index contributed by atoms with van der Waals surface area (Å²) in [5.74, 6) is 0.807. The Hall–Kier alpha value is -2.49. The average Bonchev–Trinajstić information content (AvgIpc) is 2.49. The molecule has 20 heavy (non-hydrogen) atoms. The SMILES string of the molecule is Cc1nc2ccccc2nc1NC(C)c1ccccn1. The fraction of sp³-hybridized carbons (Fsp3) is 0.188. The Morgan fingerprint density at radius 1 is 0.950 bits per heavy atom. The molecule has 0 radical (unpaired) electrons. The van der Waals surface area contributed by atoms with E-state index in [-0.39, 0.29) is 6.04 Å². The summed E-state index contributed by atoms with van der Waals surface area (Å²) in [6, 6.07) is 13.9. The topological polar surface area (TPSA) is 50.7 Å². The monoisotopic (exact) mass is 264 g/mol. The highest BCUT2D eigenvalue weighted by Gasteiger charge is 2.10. The van der Waals surface area contributed by atoms with Gasteiger partial charge in [0.1, 0.15) is 5.82 Å². The van der Waals surface area contributed by atoms with Crippen molar-refractivity contribution >= 4 is 16.9 Å². The first-order valence-electron chi connectivity index (χ1n) is 6.65. The smallest absolute Gasteiger partial charge is 0.148 e. The van der Waals surface area contributed by atoms with Gasteiger partial charge in [0.25, 0.3) is 0 Å². The van der Waals surface area contributed by atoms with E-state index in [9.17, 15) is 0 Å². The van der Waals surface area contributed by atoms with Crippen molar-refractivity contribution in [3.8, 4) is 0 Å². The fourth-order valence-corrected chi connectivity index (χ4v) is 2.14. The van der Waals surface area contributed by atoms with Gasteiger partial charge >= 0.3 is 0 Å². The number of hydrogen-bond donors (Lipinski definition) is 1. The largest absolute Gasteiger partial charge is 0.360 e. The molecule has 0 aliphatic rings. The zero-order valence-electron chi connectivity index (χ0n) is 11.5. The number of fused-ring (bicyclic) bond motifs is 1. The molecule has 0 aliphatic carbocycles. The Morgan fingerprint density at radius 3 is 2.35 bits per heavy atom. The quantitative estimate of drug-likeness (QED) is 0.786. The lowest BCUT2D eigenvalue weighted by atomic mass is 10.2. The van der Waals surface area contributed by atoms with Crippen molar-refractivity contribution in [2.24, 2.45) is 0 Å². The van der Waals surface area contributed by atoms with E-state index in [1.165, 1.54) is 0 Å². The minimum absolute atomic E-state index is 0.0883. The predicted molar refractivity (Wildman–Crippen MR) is 80.5 cm³/mol. The van der Waals surface area contributed by atoms with Gasteiger partial charge in [0, 0.05) is 6.20 Å². The lowest BCUT2D eigenvalue weighted by Crippen LogP contribution is -2.11. The summed E-state index contributed by atoms with van der Waals surface area (Å²) >= 11 is 0. The van der Waals surface area contributed by atoms with Crippen LogP contribution in [0, 0.1) is 6.92 Å². The Kier molecular flexibility index (Phi) is 3.29. The van der Waals surface area contributed by atoms with Gasteiger partial charge < -0.3 is 5.32 Å². The van der Waals surface area contributed by atoms with Crippen LogP contribution in [0.25, 0.3) is 11.0 Å². The van der Waals surface area contributed by atoms with Gasteiger partial charge in [-0.15, -0.1) is 0 Å². The molecule has 2 heterocycles. The number of rotatable bonds is 3. The van der Waals surface area contributed by atoms with Gasteiger partial charge in [-0.25, -0.2) is 9.97 Å². The van der Waals surface area contributed by atoms with Crippen LogP contribution < -0.4 is 5.32 Å². The number of nitrogens with one attached hydrogen (secondary N) is 1. The van der Waals surface area contributed by atoms with Crippen molar-refractivity contribution in [1.82, 2.24) is 15.0 Å². The van der Waals surface area contributed by atoms with Gasteiger partial charge in [0.2, 0.25) is 0 Å². The molecule has 0 saturated heterocycles. The van der Waals surface area contributed by atoms with E-state index in [0.29, 0.717) is 0 Å². The van der Waals surface area contributed by atoms with Crippen LogP contribution >= 0.6 is 0 Å². The highest BCUT2D eigenvalue weighted by Crippen LogP contribution is 2.20. The zero-order valence-corrected chi connectivity index (χ0v) is 11.5. The van der Waals surface area contributed by atoms with Gasteiger partial charge in [0.05, 0.1) is 28.5 Å². The van der Waals surface area contributed by atoms with Gasteiger partial charge in [0.15, 0.2) is 0 Å². The van der Waals surface area contributed by atoms with Crippen molar-refractivity contribution in [2.45, 2.75) is 19.9 Å². The van der Waals surface area contributed by atoms with Crippen LogP contribution in [0.2, 0.25) is 0 Å². The van der Waals surface area contributed by atoms with Crippen molar-refractivity contribution in [3.63, 3.8) is 0 Å². The van der Waals surface area contributed by atoms with Gasteiger partial charge in [-0.1, -0.05) is 18.2 Å². The molecule has 3 rings (SSSR count). The minimum Gasteiger partial charge on any atom is -0.360 e. The standard InChI is InChI=1S/C16H16N4/c1-11(13-7-5-6-10-17-13)19-16-12(2)18-14-8-3-4-9-15(14)20-16/h3-11H,1-2H3,(H,19,20). The highest BCUT2D eigenvalue weighted by atomic mass is 15.1. The molecule has 0 fully saturated rings. The molecule has 1 unspecified atom stereocenters. The molecule has 1 N–H and O–H groups in total. The number of aromatic nitrogens is 3. The van der Waals surface area contributed by atoms with Crippen LogP contribution in [0.1, 0.15) is 24.4 Å². The lowest BCUT2D eigenvalue weighted by Gasteiger charge is -2.15. The number of benzene rings is 1. The van der Waals surface area contributed by atoms with E-state index in [1.54, 1.807) is 6.20 Å². The average molecular weight is 264 g/mol. The third kappa shape index (κ3) is 2.45. The van der Waals surface area contributed by atoms with Crippen LogP contribution in [0.4, 0.5) is 5.82 Å². The Labute approximate surface area is 117 Å². The van der Waals surface area contributed by atoms with Crippen molar-refractivity contribution in [1.29, 1.82) is 0 Å². The highest BCUT2D eigenvalue weighted by molar-refractivity contribution is 5.76. The fourth-order valence-electron chi connectivity index (χ4n) is 2.14. The van der Waals surface area contributed by atoms with E-state index in [2.05, 4.69) is 27.2 Å². The molecule has 0 spiro atoms. The van der Waals surface area contributed by atoms with Crippen LogP contribution in [0.5, 0.6) is 0 Å². The minimum atomic E-state index is 0.0883. The Balaban J connectivity index is 1.92. The predicted octanol–water partition coefficient (Wildman–Crippen LogP) is 3.51. The molecule has 0 aliphatic heterocycles. The van der Waals surface area contributed by atoms with Gasteiger partial charge in [-0.2, -0.15) is 0 Å². The maximum absolute atomic E-state index is 4.64. The normalized spacial score (nSPS) is 12.3. The molecule has 1 atom stereocenters. The number of aryl methyl sites for hydroxylation is 1. The van der Waals surface area contributed by atoms with E-state index in [4.69, 9.17) is 0 Å². The van der Waals surface area contributed by atoms with E-state index >= 15 is 0 Å². The Morgan fingerprint density at radius 2 is 1.65 bits per heavy atom. The lowest BCUT2D eigenvalue weighted by molar-refractivity contribution is 0.829. The molecule has 2 aromatic heterocycles. The molecule has 0 amide bonds. The maximum atomic E-state index is 4.64. The van der Waals surface area contributed by atoms with Crippen LogP contribution in [-0.4, -0.2) is 15.0 Å². The number of hydrogen-bond acceptors (Lipinski definition) is 4. The molecule has 1 aromatic carbocycles. The van der Waals surface area contributed by atoms with Crippen LogP contribution in [-0.2, 0) is 0 Å². The second-order valence-corrected chi connectivity index (χ2v) is 4.77. The van der Waals surface area contributed by atoms with E-state index in [1.807, 2.05) is 49.4 Å². The number of para-hydroxylation sites is 2. The summed E-state index contributed by atoms with van der Waals surface area (Å²) in [6.07, 6.45) is 1.80. The number of anilines is 1. The van der Waals surface area contributed by atoms with E-state index < -0.39 is 0 Å². The van der Waals surface area contributed by atoms with Gasteiger partial charge in [-0.3, -0.25) is 4.98 Å². The molecule has 3 aromatic rings. The molecule has 4 heteroatoms. The zero-order chi connectivity index (χ0) is 13.9. The van der Waals surface area contributed by atoms with Crippen molar-refractivity contribution < 1.29 is 0 Å². The third-order valence-corrected chi connectivity index (χ3v) is 3.23. The second-order valence-electron chi connectivity index (χ2n) is 4.77. The van der Waals surface area contributed by atoms with Crippen molar-refractivity contribution in [2.75, 3.05) is 5.32 Å². The first kappa shape index (κ1) is 12.5. The first-order chi connectivity index (χ1) is 9.74. The van der Waals surface area contributed by atoms with Crippen LogP contribution in [0.15, 0.2) is 48.7 Å². The number of pyridine rings is 1. The molecular weight excluding hydrogens is 248 g/mol. The summed E-state index contributed by atoms with van der Waals surface area (Å²) in [6.45, 7) is 4.03. The summed E-state index contributed by atoms with van der Waals surface area (Å²) in [7, 11) is 0. The third-order valence-electron chi connectivity index (χ3n) is 3.23. The number of nitrogens with zero attached hydrogens (tertiary/aromatic N) is 3. The second kappa shape index (κ2) is 5.25. The summed E-state index contributed by atoms with van der Waals surface area (Å²) in [4.78, 5) is 13.6. The summed E-state index contributed by atoms with van der Waals surface area (Å²) < 4.78 is 0. The van der Waals surface area contributed by atoms with E-state index in [0.717, 1.165) is 28.2 Å². The molecule has 0 saturated carbocycles. The van der Waals surface area contributed by atoms with Gasteiger partial charge in [-0.05, 0) is 38.1 Å². The summed E-state index contributed by atoms with van der Waals surface area (Å²) in [5.41, 5.74) is 3.70. The van der Waals surface area contributed by atoms with Crippen molar-refractivity contribution in [3.05, 3.63) is 60.0 Å². The molecule has 0 bridgehead atoms. The van der Waals surface area contributed by atoms with Crippen LogP contribution in [0.3, 0.4) is 0 Å². The molecule has 100 valence electrons. The Bertz CT molecular complexity index is 725. The maximum Gasteiger partial charge on any atom is 0.148 e.